The number of halogens is 1. The molecule has 0 heterocycles. The summed E-state index contributed by atoms with van der Waals surface area (Å²) >= 11 is 0. The Labute approximate surface area is 168 Å². The first-order chi connectivity index (χ1) is 14.0. The van der Waals surface area contributed by atoms with Crippen LogP contribution in [-0.4, -0.2) is 18.4 Å². The fourth-order valence-corrected chi connectivity index (χ4v) is 2.55. The van der Waals surface area contributed by atoms with Crippen LogP contribution in [0.15, 0.2) is 78.9 Å². The zero-order valence-corrected chi connectivity index (χ0v) is 15.8. The molecular formula is C24H19FO4. The van der Waals surface area contributed by atoms with Crippen molar-refractivity contribution in [1.29, 1.82) is 0 Å². The third kappa shape index (κ3) is 5.62. The molecule has 0 aliphatic heterocycles. The lowest BCUT2D eigenvalue weighted by atomic mass is 10.1. The van der Waals surface area contributed by atoms with Crippen molar-refractivity contribution in [2.45, 2.75) is 6.92 Å². The molecular weight excluding hydrogens is 371 g/mol. The van der Waals surface area contributed by atoms with Gasteiger partial charge >= 0.3 is 5.97 Å². The van der Waals surface area contributed by atoms with Crippen molar-refractivity contribution in [2.24, 2.45) is 0 Å². The molecule has 0 fully saturated rings. The van der Waals surface area contributed by atoms with Crippen molar-refractivity contribution in [3.63, 3.8) is 0 Å². The first kappa shape index (κ1) is 20.0. The fourth-order valence-electron chi connectivity index (χ4n) is 2.55. The quantitative estimate of drug-likeness (QED) is 0.236. The summed E-state index contributed by atoms with van der Waals surface area (Å²) in [4.78, 5) is 24.3. The highest BCUT2D eigenvalue weighted by atomic mass is 19.1. The minimum atomic E-state index is -0.470. The third-order valence-corrected chi connectivity index (χ3v) is 4.05. The molecule has 3 rings (SSSR count). The van der Waals surface area contributed by atoms with Crippen LogP contribution < -0.4 is 9.47 Å². The van der Waals surface area contributed by atoms with Crippen LogP contribution >= 0.6 is 0 Å². The van der Waals surface area contributed by atoms with Gasteiger partial charge in [-0.05, 0) is 79.2 Å². The van der Waals surface area contributed by atoms with Crippen molar-refractivity contribution < 1.29 is 23.5 Å². The molecule has 4 nitrogen and oxygen atoms in total. The van der Waals surface area contributed by atoms with Crippen LogP contribution in [0.5, 0.6) is 11.5 Å². The van der Waals surface area contributed by atoms with Gasteiger partial charge < -0.3 is 9.47 Å². The average Bonchev–Trinajstić information content (AvgIpc) is 2.74. The summed E-state index contributed by atoms with van der Waals surface area (Å²) in [7, 11) is 0. The molecule has 29 heavy (non-hydrogen) atoms. The molecule has 0 radical (unpaired) electrons. The standard InChI is InChI=1S/C24H19FO4/c1-2-28-21-14-8-19(9-15-21)24(27)29-22-12-3-17(4-13-22)5-16-23(26)18-6-10-20(25)11-7-18/h3-16H,2H2,1H3/b16-5+. The summed E-state index contributed by atoms with van der Waals surface area (Å²) < 4.78 is 23.6. The highest BCUT2D eigenvalue weighted by Crippen LogP contribution is 2.17. The van der Waals surface area contributed by atoms with Crippen molar-refractivity contribution in [3.05, 3.63) is 101 Å². The average molecular weight is 390 g/mol. The molecule has 0 aliphatic carbocycles. The van der Waals surface area contributed by atoms with Crippen LogP contribution in [0.3, 0.4) is 0 Å². The van der Waals surface area contributed by atoms with Crippen molar-refractivity contribution in [2.75, 3.05) is 6.61 Å². The summed E-state index contributed by atoms with van der Waals surface area (Å²) in [6, 6.07) is 18.8. The predicted octanol–water partition coefficient (Wildman–Crippen LogP) is 5.34. The van der Waals surface area contributed by atoms with Gasteiger partial charge in [0.05, 0.1) is 12.2 Å². The summed E-state index contributed by atoms with van der Waals surface area (Å²) in [6.45, 7) is 2.44. The fraction of sp³-hybridized carbons (Fsp3) is 0.0833. The van der Waals surface area contributed by atoms with E-state index in [1.54, 1.807) is 54.6 Å². The predicted molar refractivity (Wildman–Crippen MR) is 109 cm³/mol. The lowest BCUT2D eigenvalue weighted by molar-refractivity contribution is 0.0734. The zero-order valence-electron chi connectivity index (χ0n) is 15.8. The first-order valence-corrected chi connectivity index (χ1v) is 9.08. The van der Waals surface area contributed by atoms with E-state index >= 15 is 0 Å². The summed E-state index contributed by atoms with van der Waals surface area (Å²) in [5.74, 6) is 0.000929. The van der Waals surface area contributed by atoms with E-state index in [9.17, 15) is 14.0 Å². The van der Waals surface area contributed by atoms with E-state index in [2.05, 4.69) is 0 Å². The van der Waals surface area contributed by atoms with Gasteiger partial charge in [-0.2, -0.15) is 0 Å². The number of ketones is 1. The Kier molecular flexibility index (Phi) is 6.53. The second kappa shape index (κ2) is 9.46. The highest BCUT2D eigenvalue weighted by molar-refractivity contribution is 6.06. The topological polar surface area (TPSA) is 52.6 Å². The van der Waals surface area contributed by atoms with Gasteiger partial charge in [-0.1, -0.05) is 18.2 Å². The Bertz CT molecular complexity index is 1000. The molecule has 0 atom stereocenters. The van der Waals surface area contributed by atoms with Gasteiger partial charge in [0.15, 0.2) is 5.78 Å². The van der Waals surface area contributed by atoms with Crippen LogP contribution in [-0.2, 0) is 0 Å². The SMILES string of the molecule is CCOc1ccc(C(=O)Oc2ccc(/C=C/C(=O)c3ccc(F)cc3)cc2)cc1. The third-order valence-electron chi connectivity index (χ3n) is 4.05. The van der Waals surface area contributed by atoms with Crippen LogP contribution in [0.1, 0.15) is 33.2 Å². The van der Waals surface area contributed by atoms with Gasteiger partial charge in [0.2, 0.25) is 0 Å². The molecule has 0 saturated carbocycles. The van der Waals surface area contributed by atoms with E-state index in [-0.39, 0.29) is 11.6 Å². The van der Waals surface area contributed by atoms with Gasteiger partial charge in [0, 0.05) is 5.56 Å². The summed E-state index contributed by atoms with van der Waals surface area (Å²) in [6.07, 6.45) is 3.05. The summed E-state index contributed by atoms with van der Waals surface area (Å²) in [5, 5.41) is 0. The number of rotatable bonds is 7. The maximum Gasteiger partial charge on any atom is 0.343 e. The Morgan fingerprint density at radius 3 is 2.03 bits per heavy atom. The Morgan fingerprint density at radius 1 is 0.828 bits per heavy atom. The number of esters is 1. The minimum Gasteiger partial charge on any atom is -0.494 e. The normalized spacial score (nSPS) is 10.7. The van der Waals surface area contributed by atoms with Gasteiger partial charge in [-0.25, -0.2) is 9.18 Å². The van der Waals surface area contributed by atoms with Gasteiger partial charge in [-0.15, -0.1) is 0 Å². The van der Waals surface area contributed by atoms with E-state index < -0.39 is 5.97 Å². The molecule has 5 heteroatoms. The second-order valence-electron chi connectivity index (χ2n) is 6.12. The summed E-state index contributed by atoms with van der Waals surface area (Å²) in [5.41, 5.74) is 1.59. The van der Waals surface area contributed by atoms with Gasteiger partial charge in [-0.3, -0.25) is 4.79 Å². The Morgan fingerprint density at radius 2 is 1.41 bits per heavy atom. The van der Waals surface area contributed by atoms with Crippen LogP contribution in [0.2, 0.25) is 0 Å². The molecule has 0 aliphatic rings. The van der Waals surface area contributed by atoms with Gasteiger partial charge in [0.25, 0.3) is 0 Å². The van der Waals surface area contributed by atoms with E-state index in [1.807, 2.05) is 6.92 Å². The van der Waals surface area contributed by atoms with Gasteiger partial charge in [0.1, 0.15) is 17.3 Å². The molecule has 0 spiro atoms. The molecule has 0 bridgehead atoms. The molecule has 0 amide bonds. The minimum absolute atomic E-state index is 0.226. The number of allylic oxidation sites excluding steroid dienone is 1. The molecule has 0 aromatic heterocycles. The zero-order chi connectivity index (χ0) is 20.6. The van der Waals surface area contributed by atoms with Crippen LogP contribution in [0, 0.1) is 5.82 Å². The number of hydrogen-bond acceptors (Lipinski definition) is 4. The number of carbonyl (C=O) groups is 2. The molecule has 0 saturated heterocycles. The van der Waals surface area contributed by atoms with E-state index in [1.165, 1.54) is 30.3 Å². The van der Waals surface area contributed by atoms with Crippen LogP contribution in [0.4, 0.5) is 4.39 Å². The second-order valence-corrected chi connectivity index (χ2v) is 6.12. The van der Waals surface area contributed by atoms with Crippen LogP contribution in [0.25, 0.3) is 6.08 Å². The monoisotopic (exact) mass is 390 g/mol. The highest BCUT2D eigenvalue weighted by Gasteiger charge is 2.09. The molecule has 3 aromatic carbocycles. The lowest BCUT2D eigenvalue weighted by Gasteiger charge is -2.06. The Balaban J connectivity index is 1.60. The number of carbonyl (C=O) groups excluding carboxylic acids is 2. The largest absolute Gasteiger partial charge is 0.494 e. The maximum absolute atomic E-state index is 12.9. The smallest absolute Gasteiger partial charge is 0.343 e. The molecule has 3 aromatic rings. The van der Waals surface area contributed by atoms with E-state index in [0.717, 1.165) is 5.56 Å². The molecule has 0 unspecified atom stereocenters. The number of ether oxygens (including phenoxy) is 2. The van der Waals surface area contributed by atoms with Crippen molar-refractivity contribution in [3.8, 4) is 11.5 Å². The maximum atomic E-state index is 12.9. The molecule has 0 N–H and O–H groups in total. The first-order valence-electron chi connectivity index (χ1n) is 9.08. The van der Waals surface area contributed by atoms with E-state index in [4.69, 9.17) is 9.47 Å². The van der Waals surface area contributed by atoms with Crippen molar-refractivity contribution >= 4 is 17.8 Å². The Hall–Kier alpha value is -3.73. The number of benzene rings is 3. The lowest BCUT2D eigenvalue weighted by Crippen LogP contribution is -2.08. The number of hydrogen-bond donors (Lipinski definition) is 0. The van der Waals surface area contributed by atoms with Crippen molar-refractivity contribution in [1.82, 2.24) is 0 Å². The molecule has 146 valence electrons. The van der Waals surface area contributed by atoms with E-state index in [0.29, 0.717) is 29.2 Å².